The molecule has 0 aliphatic rings. The predicted molar refractivity (Wildman–Crippen MR) is 55.7 cm³/mol. The number of aromatic amines is 1. The summed E-state index contributed by atoms with van der Waals surface area (Å²) < 4.78 is 4.87. The zero-order valence-electron chi connectivity index (χ0n) is 8.06. The topological polar surface area (TPSA) is 67.9 Å². The van der Waals surface area contributed by atoms with Gasteiger partial charge in [-0.05, 0) is 18.4 Å². The Kier molecular flexibility index (Phi) is 2.77. The molecule has 0 aliphatic heterocycles. The second-order valence-corrected chi connectivity index (χ2v) is 3.67. The van der Waals surface area contributed by atoms with Crippen molar-refractivity contribution in [3.05, 3.63) is 23.2 Å². The molecule has 15 heavy (non-hydrogen) atoms. The number of carbonyl (C=O) groups is 1. The molecule has 0 aromatic carbocycles. The van der Waals surface area contributed by atoms with Crippen LogP contribution in [-0.2, 0) is 4.74 Å². The Bertz CT molecular complexity index is 450. The van der Waals surface area contributed by atoms with E-state index in [1.165, 1.54) is 11.3 Å². The highest BCUT2D eigenvalue weighted by molar-refractivity contribution is 7.13. The van der Waals surface area contributed by atoms with Gasteiger partial charge in [0.2, 0.25) is 0 Å². The van der Waals surface area contributed by atoms with Gasteiger partial charge in [-0.25, -0.2) is 4.79 Å². The van der Waals surface area contributed by atoms with Crippen molar-refractivity contribution in [3.8, 4) is 10.6 Å². The molecule has 0 radical (unpaired) electrons. The molecule has 0 saturated heterocycles. The van der Waals surface area contributed by atoms with Crippen molar-refractivity contribution < 1.29 is 9.53 Å². The van der Waals surface area contributed by atoms with E-state index in [1.54, 1.807) is 6.92 Å². The SMILES string of the molecule is CCOC(=O)c1n[nH]nc1-c1cccs1. The van der Waals surface area contributed by atoms with Crippen LogP contribution in [0, 0.1) is 0 Å². The number of carbonyl (C=O) groups excluding carboxylic acids is 1. The number of ether oxygens (including phenoxy) is 1. The van der Waals surface area contributed by atoms with Crippen LogP contribution >= 0.6 is 11.3 Å². The van der Waals surface area contributed by atoms with Gasteiger partial charge < -0.3 is 4.74 Å². The minimum absolute atomic E-state index is 0.235. The number of rotatable bonds is 3. The molecule has 0 saturated carbocycles. The molecule has 0 unspecified atom stereocenters. The van der Waals surface area contributed by atoms with Crippen LogP contribution in [0.15, 0.2) is 17.5 Å². The molecular weight excluding hydrogens is 214 g/mol. The summed E-state index contributed by atoms with van der Waals surface area (Å²) in [5.41, 5.74) is 0.780. The molecule has 5 nitrogen and oxygen atoms in total. The standard InChI is InChI=1S/C9H9N3O2S/c1-2-14-9(13)8-7(10-12-11-8)6-4-3-5-15-6/h3-5H,2H2,1H3,(H,10,11,12). The maximum atomic E-state index is 11.5. The number of aromatic nitrogens is 3. The molecule has 6 heteroatoms. The summed E-state index contributed by atoms with van der Waals surface area (Å²) in [6.45, 7) is 2.08. The molecular formula is C9H9N3O2S. The van der Waals surface area contributed by atoms with Crippen molar-refractivity contribution in [3.63, 3.8) is 0 Å². The molecule has 78 valence electrons. The van der Waals surface area contributed by atoms with Gasteiger partial charge in [0.1, 0.15) is 5.69 Å². The van der Waals surface area contributed by atoms with Gasteiger partial charge in [0.25, 0.3) is 0 Å². The first-order valence-electron chi connectivity index (χ1n) is 4.44. The Morgan fingerprint density at radius 1 is 1.60 bits per heavy atom. The van der Waals surface area contributed by atoms with E-state index in [4.69, 9.17) is 4.74 Å². The van der Waals surface area contributed by atoms with Gasteiger partial charge in [0, 0.05) is 0 Å². The quantitative estimate of drug-likeness (QED) is 0.804. The molecule has 2 aromatic heterocycles. The fourth-order valence-corrected chi connectivity index (χ4v) is 1.87. The molecule has 0 bridgehead atoms. The van der Waals surface area contributed by atoms with Crippen molar-refractivity contribution in [2.75, 3.05) is 6.61 Å². The number of nitrogens with one attached hydrogen (secondary N) is 1. The number of nitrogens with zero attached hydrogens (tertiary/aromatic N) is 2. The van der Waals surface area contributed by atoms with E-state index in [-0.39, 0.29) is 5.69 Å². The van der Waals surface area contributed by atoms with Crippen molar-refractivity contribution in [2.45, 2.75) is 6.92 Å². The average Bonchev–Trinajstić information content (AvgIpc) is 2.88. The first-order valence-corrected chi connectivity index (χ1v) is 5.32. The summed E-state index contributed by atoms with van der Waals surface area (Å²) in [4.78, 5) is 12.4. The molecule has 2 rings (SSSR count). The van der Waals surface area contributed by atoms with E-state index >= 15 is 0 Å². The molecule has 0 amide bonds. The smallest absolute Gasteiger partial charge is 0.361 e. The van der Waals surface area contributed by atoms with Gasteiger partial charge in [-0.15, -0.1) is 16.4 Å². The summed E-state index contributed by atoms with van der Waals surface area (Å²) in [5, 5.41) is 12.1. The molecule has 2 aromatic rings. The largest absolute Gasteiger partial charge is 0.461 e. The number of hydrogen-bond donors (Lipinski definition) is 1. The van der Waals surface area contributed by atoms with Crippen molar-refractivity contribution in [2.24, 2.45) is 0 Å². The average molecular weight is 223 g/mol. The van der Waals surface area contributed by atoms with Crippen LogP contribution in [0.3, 0.4) is 0 Å². The summed E-state index contributed by atoms with van der Waals surface area (Å²) in [6.07, 6.45) is 0. The van der Waals surface area contributed by atoms with Crippen LogP contribution < -0.4 is 0 Å². The van der Waals surface area contributed by atoms with E-state index in [1.807, 2.05) is 17.5 Å². The lowest BCUT2D eigenvalue weighted by molar-refractivity contribution is 0.0520. The number of H-pyrrole nitrogens is 1. The third-order valence-corrected chi connectivity index (χ3v) is 2.65. The van der Waals surface area contributed by atoms with Gasteiger partial charge in [-0.3, -0.25) is 0 Å². The number of hydrogen-bond acceptors (Lipinski definition) is 5. The fourth-order valence-electron chi connectivity index (χ4n) is 1.16. The van der Waals surface area contributed by atoms with E-state index in [2.05, 4.69) is 15.4 Å². The normalized spacial score (nSPS) is 10.2. The van der Waals surface area contributed by atoms with E-state index < -0.39 is 5.97 Å². The molecule has 0 atom stereocenters. The summed E-state index contributed by atoms with van der Waals surface area (Å²) in [5.74, 6) is -0.449. The number of esters is 1. The van der Waals surface area contributed by atoms with Gasteiger partial charge in [-0.2, -0.15) is 10.3 Å². The lowest BCUT2D eigenvalue weighted by Gasteiger charge is -1.98. The lowest BCUT2D eigenvalue weighted by Crippen LogP contribution is -2.06. The highest BCUT2D eigenvalue weighted by Gasteiger charge is 2.19. The Labute approximate surface area is 90.1 Å². The Morgan fingerprint density at radius 3 is 3.13 bits per heavy atom. The minimum atomic E-state index is -0.449. The first kappa shape index (κ1) is 9.85. The van der Waals surface area contributed by atoms with Gasteiger partial charge in [-0.1, -0.05) is 6.07 Å². The Hall–Kier alpha value is -1.69. The van der Waals surface area contributed by atoms with Gasteiger partial charge in [0.15, 0.2) is 5.69 Å². The highest BCUT2D eigenvalue weighted by atomic mass is 32.1. The Balaban J connectivity index is 2.34. The molecule has 2 heterocycles. The maximum absolute atomic E-state index is 11.5. The highest BCUT2D eigenvalue weighted by Crippen LogP contribution is 2.24. The minimum Gasteiger partial charge on any atom is -0.461 e. The molecule has 0 aliphatic carbocycles. The van der Waals surface area contributed by atoms with Crippen LogP contribution in [0.25, 0.3) is 10.6 Å². The van der Waals surface area contributed by atoms with Crippen LogP contribution in [0.1, 0.15) is 17.4 Å². The zero-order valence-corrected chi connectivity index (χ0v) is 8.87. The third-order valence-electron chi connectivity index (χ3n) is 1.77. The fraction of sp³-hybridized carbons (Fsp3) is 0.222. The Morgan fingerprint density at radius 2 is 2.47 bits per heavy atom. The van der Waals surface area contributed by atoms with Crippen LogP contribution in [0.5, 0.6) is 0 Å². The predicted octanol–water partition coefficient (Wildman–Crippen LogP) is 1.71. The summed E-state index contributed by atoms with van der Waals surface area (Å²) >= 11 is 1.50. The van der Waals surface area contributed by atoms with Crippen LogP contribution in [-0.4, -0.2) is 28.0 Å². The van der Waals surface area contributed by atoms with Crippen LogP contribution in [0.4, 0.5) is 0 Å². The van der Waals surface area contributed by atoms with Crippen LogP contribution in [0.2, 0.25) is 0 Å². The monoisotopic (exact) mass is 223 g/mol. The van der Waals surface area contributed by atoms with Gasteiger partial charge >= 0.3 is 5.97 Å². The maximum Gasteiger partial charge on any atom is 0.361 e. The lowest BCUT2D eigenvalue weighted by atomic mass is 10.3. The second kappa shape index (κ2) is 4.22. The zero-order chi connectivity index (χ0) is 10.7. The third kappa shape index (κ3) is 1.89. The number of thiophene rings is 1. The van der Waals surface area contributed by atoms with E-state index in [0.29, 0.717) is 12.3 Å². The van der Waals surface area contributed by atoms with Crippen molar-refractivity contribution >= 4 is 17.3 Å². The first-order chi connectivity index (χ1) is 7.33. The van der Waals surface area contributed by atoms with Crippen molar-refractivity contribution in [1.82, 2.24) is 15.4 Å². The molecule has 0 fully saturated rings. The summed E-state index contributed by atoms with van der Waals surface area (Å²) in [6, 6.07) is 3.77. The molecule has 1 N–H and O–H groups in total. The molecule has 0 spiro atoms. The van der Waals surface area contributed by atoms with E-state index in [9.17, 15) is 4.79 Å². The second-order valence-electron chi connectivity index (χ2n) is 2.72. The van der Waals surface area contributed by atoms with Gasteiger partial charge in [0.05, 0.1) is 11.5 Å². The summed E-state index contributed by atoms with van der Waals surface area (Å²) in [7, 11) is 0. The van der Waals surface area contributed by atoms with Crippen molar-refractivity contribution in [1.29, 1.82) is 0 Å². The van der Waals surface area contributed by atoms with E-state index in [0.717, 1.165) is 4.88 Å².